The van der Waals surface area contributed by atoms with Gasteiger partial charge in [-0.2, -0.15) is 0 Å². The van der Waals surface area contributed by atoms with Gasteiger partial charge in [0, 0.05) is 25.0 Å². The van der Waals surface area contributed by atoms with Crippen molar-refractivity contribution in [3.8, 4) is 0 Å². The number of aliphatic hydroxyl groups is 1. The number of hydrogen-bond acceptors (Lipinski definition) is 3. The topological polar surface area (TPSA) is 82.2 Å². The van der Waals surface area contributed by atoms with Crippen LogP contribution in [0.15, 0.2) is 23.4 Å². The predicted molar refractivity (Wildman–Crippen MR) is 56.8 cm³/mol. The van der Waals surface area contributed by atoms with E-state index >= 15 is 0 Å². The maximum atomic E-state index is 11.7. The molecule has 2 unspecified atom stereocenters. The molecule has 0 amide bonds. The second-order valence-electron chi connectivity index (χ2n) is 3.62. The minimum Gasteiger partial charge on any atom is -0.396 e. The summed E-state index contributed by atoms with van der Waals surface area (Å²) in [6.07, 6.45) is 2.97. The second kappa shape index (κ2) is 4.78. The molecule has 3 N–H and O–H groups in total. The molecule has 1 aromatic rings. The lowest BCUT2D eigenvalue weighted by atomic mass is 10.1. The Morgan fingerprint density at radius 1 is 1.53 bits per heavy atom. The monoisotopic (exact) mass is 232 g/mol. The predicted octanol–water partition coefficient (Wildman–Crippen LogP) is 0.310. The molecule has 2 atom stereocenters. The molecule has 0 saturated carbocycles. The van der Waals surface area contributed by atoms with Crippen LogP contribution in [0, 0.1) is 5.92 Å². The van der Waals surface area contributed by atoms with Crippen molar-refractivity contribution >= 4 is 10.0 Å². The van der Waals surface area contributed by atoms with Gasteiger partial charge >= 0.3 is 0 Å². The Morgan fingerprint density at radius 3 is 2.67 bits per heavy atom. The van der Waals surface area contributed by atoms with Crippen LogP contribution in [0.3, 0.4) is 0 Å². The highest BCUT2D eigenvalue weighted by Crippen LogP contribution is 2.10. The average molecular weight is 232 g/mol. The Labute approximate surface area is 89.6 Å². The van der Waals surface area contributed by atoms with Crippen molar-refractivity contribution in [3.63, 3.8) is 0 Å². The third-order valence-corrected chi connectivity index (χ3v) is 3.92. The Bertz CT molecular complexity index is 385. The summed E-state index contributed by atoms with van der Waals surface area (Å²) in [4.78, 5) is 2.89. The molecule has 6 heteroatoms. The third-order valence-electron chi connectivity index (χ3n) is 2.36. The number of aromatic nitrogens is 1. The minimum atomic E-state index is -3.46. The van der Waals surface area contributed by atoms with Gasteiger partial charge in [0.25, 0.3) is 0 Å². The standard InChI is InChI=1S/C9H16N2O3S/c1-7(6-12)8(2)11-15(13,14)9-3-4-10-5-9/h3-5,7-8,10-12H,6H2,1-2H3. The van der Waals surface area contributed by atoms with E-state index in [0.29, 0.717) is 0 Å². The molecule has 1 rings (SSSR count). The second-order valence-corrected chi connectivity index (χ2v) is 5.33. The lowest BCUT2D eigenvalue weighted by Gasteiger charge is -2.18. The molecule has 0 aliphatic heterocycles. The van der Waals surface area contributed by atoms with Gasteiger partial charge in [0.2, 0.25) is 10.0 Å². The van der Waals surface area contributed by atoms with Crippen LogP contribution in [0.1, 0.15) is 13.8 Å². The zero-order valence-corrected chi connectivity index (χ0v) is 9.58. The van der Waals surface area contributed by atoms with E-state index in [1.54, 1.807) is 20.0 Å². The van der Waals surface area contributed by atoms with E-state index in [9.17, 15) is 8.42 Å². The van der Waals surface area contributed by atoms with Crippen LogP contribution in [0.4, 0.5) is 0 Å². The quantitative estimate of drug-likeness (QED) is 0.683. The Hall–Kier alpha value is -0.850. The summed E-state index contributed by atoms with van der Waals surface area (Å²) < 4.78 is 25.9. The van der Waals surface area contributed by atoms with E-state index in [2.05, 4.69) is 9.71 Å². The lowest BCUT2D eigenvalue weighted by Crippen LogP contribution is -2.38. The molecule has 1 aromatic heterocycles. The van der Waals surface area contributed by atoms with Gasteiger partial charge in [0.1, 0.15) is 0 Å². The van der Waals surface area contributed by atoms with E-state index in [-0.39, 0.29) is 23.5 Å². The highest BCUT2D eigenvalue weighted by atomic mass is 32.2. The zero-order valence-electron chi connectivity index (χ0n) is 8.77. The molecule has 0 bridgehead atoms. The highest BCUT2D eigenvalue weighted by Gasteiger charge is 2.20. The van der Waals surface area contributed by atoms with Gasteiger partial charge in [0.05, 0.1) is 4.90 Å². The summed E-state index contributed by atoms with van der Waals surface area (Å²) in [5.74, 6) is -0.112. The summed E-state index contributed by atoms with van der Waals surface area (Å²) in [6, 6.07) is 1.19. The molecule has 0 saturated heterocycles. The molecular weight excluding hydrogens is 216 g/mol. The van der Waals surface area contributed by atoms with Crippen molar-refractivity contribution in [2.75, 3.05) is 6.61 Å². The van der Waals surface area contributed by atoms with Crippen LogP contribution in [-0.2, 0) is 10.0 Å². The number of nitrogens with one attached hydrogen (secondary N) is 2. The van der Waals surface area contributed by atoms with E-state index in [1.165, 1.54) is 12.3 Å². The van der Waals surface area contributed by atoms with Crippen LogP contribution >= 0.6 is 0 Å². The fourth-order valence-electron chi connectivity index (χ4n) is 1.06. The number of aliphatic hydroxyl groups excluding tert-OH is 1. The van der Waals surface area contributed by atoms with E-state index in [0.717, 1.165) is 0 Å². The molecule has 0 fully saturated rings. The first-order valence-electron chi connectivity index (χ1n) is 4.73. The molecule has 86 valence electrons. The molecule has 15 heavy (non-hydrogen) atoms. The van der Waals surface area contributed by atoms with Gasteiger partial charge in [-0.15, -0.1) is 0 Å². The van der Waals surface area contributed by atoms with Gasteiger partial charge in [-0.25, -0.2) is 13.1 Å². The maximum Gasteiger partial charge on any atom is 0.242 e. The van der Waals surface area contributed by atoms with Gasteiger partial charge in [-0.3, -0.25) is 0 Å². The first-order chi connectivity index (χ1) is 6.97. The summed E-state index contributed by atoms with van der Waals surface area (Å²) in [6.45, 7) is 3.46. The fraction of sp³-hybridized carbons (Fsp3) is 0.556. The van der Waals surface area contributed by atoms with Gasteiger partial charge in [0.15, 0.2) is 0 Å². The summed E-state index contributed by atoms with van der Waals surface area (Å²) >= 11 is 0. The first kappa shape index (κ1) is 12.2. The SMILES string of the molecule is CC(CO)C(C)NS(=O)(=O)c1cc[nH]c1. The third kappa shape index (κ3) is 3.05. The molecular formula is C9H16N2O3S. The smallest absolute Gasteiger partial charge is 0.242 e. The van der Waals surface area contributed by atoms with Crippen molar-refractivity contribution < 1.29 is 13.5 Å². The molecule has 1 heterocycles. The van der Waals surface area contributed by atoms with Crippen molar-refractivity contribution in [1.82, 2.24) is 9.71 Å². The summed E-state index contributed by atoms with van der Waals surface area (Å²) in [5, 5.41) is 8.89. The number of aromatic amines is 1. The molecule has 0 aliphatic rings. The number of hydrogen-bond donors (Lipinski definition) is 3. The van der Waals surface area contributed by atoms with Crippen molar-refractivity contribution in [2.24, 2.45) is 5.92 Å². The van der Waals surface area contributed by atoms with Gasteiger partial charge in [-0.1, -0.05) is 6.92 Å². The van der Waals surface area contributed by atoms with E-state index in [1.807, 2.05) is 0 Å². The molecule has 0 aromatic carbocycles. The summed E-state index contributed by atoms with van der Waals surface area (Å²) in [7, 11) is -3.46. The van der Waals surface area contributed by atoms with Crippen LogP contribution in [0.2, 0.25) is 0 Å². The van der Waals surface area contributed by atoms with Crippen molar-refractivity contribution in [1.29, 1.82) is 0 Å². The van der Waals surface area contributed by atoms with Crippen LogP contribution < -0.4 is 4.72 Å². The average Bonchev–Trinajstić information content (AvgIpc) is 2.69. The first-order valence-corrected chi connectivity index (χ1v) is 6.21. The van der Waals surface area contributed by atoms with Crippen molar-refractivity contribution in [2.45, 2.75) is 24.8 Å². The molecule has 5 nitrogen and oxygen atoms in total. The maximum absolute atomic E-state index is 11.7. The largest absolute Gasteiger partial charge is 0.396 e. The number of H-pyrrole nitrogens is 1. The lowest BCUT2D eigenvalue weighted by molar-refractivity contribution is 0.216. The molecule has 0 spiro atoms. The minimum absolute atomic E-state index is 0.0448. The Morgan fingerprint density at radius 2 is 2.20 bits per heavy atom. The normalized spacial score (nSPS) is 16.2. The Kier molecular flexibility index (Phi) is 3.90. The van der Waals surface area contributed by atoms with E-state index < -0.39 is 10.0 Å². The zero-order chi connectivity index (χ0) is 11.5. The Balaban J connectivity index is 2.74. The van der Waals surface area contributed by atoms with Crippen LogP contribution in [0.25, 0.3) is 0 Å². The van der Waals surface area contributed by atoms with Gasteiger partial charge < -0.3 is 10.1 Å². The van der Waals surface area contributed by atoms with Gasteiger partial charge in [-0.05, 0) is 18.9 Å². The van der Waals surface area contributed by atoms with Crippen LogP contribution in [0.5, 0.6) is 0 Å². The van der Waals surface area contributed by atoms with E-state index in [4.69, 9.17) is 5.11 Å². The summed E-state index contributed by atoms with van der Waals surface area (Å²) in [5.41, 5.74) is 0. The fourth-order valence-corrected chi connectivity index (χ4v) is 2.39. The van der Waals surface area contributed by atoms with Crippen molar-refractivity contribution in [3.05, 3.63) is 18.5 Å². The molecule has 0 radical (unpaired) electrons. The number of sulfonamides is 1. The van der Waals surface area contributed by atoms with Crippen LogP contribution in [-0.4, -0.2) is 31.2 Å². The number of rotatable bonds is 5. The molecule has 0 aliphatic carbocycles. The highest BCUT2D eigenvalue weighted by molar-refractivity contribution is 7.89.